The van der Waals surface area contributed by atoms with Gasteiger partial charge in [0.2, 0.25) is 5.91 Å². The van der Waals surface area contributed by atoms with Gasteiger partial charge in [-0.15, -0.1) is 0 Å². The van der Waals surface area contributed by atoms with Crippen molar-refractivity contribution in [2.45, 2.75) is 19.5 Å². The molecule has 2 rings (SSSR count). The van der Waals surface area contributed by atoms with Gasteiger partial charge in [0, 0.05) is 11.0 Å². The highest BCUT2D eigenvalue weighted by atomic mass is 79.9. The number of carbonyl (C=O) groups excluding carboxylic acids is 1. The number of carbonyl (C=O) groups is 1. The van der Waals surface area contributed by atoms with Crippen LogP contribution in [0.3, 0.4) is 0 Å². The summed E-state index contributed by atoms with van der Waals surface area (Å²) >= 11 is 3.17. The van der Waals surface area contributed by atoms with Gasteiger partial charge in [0.15, 0.2) is 11.6 Å². The SMILES string of the molecule is COc1ccc(CN(C)C(C)C(=O)Nc2ccc(Br)cc2F)cc1F. The van der Waals surface area contributed by atoms with E-state index in [-0.39, 0.29) is 17.3 Å². The van der Waals surface area contributed by atoms with Gasteiger partial charge in [-0.3, -0.25) is 9.69 Å². The molecule has 0 aliphatic heterocycles. The average Bonchev–Trinajstić information content (AvgIpc) is 2.56. The molecule has 0 aromatic heterocycles. The van der Waals surface area contributed by atoms with E-state index >= 15 is 0 Å². The zero-order chi connectivity index (χ0) is 18.6. The molecule has 2 aromatic carbocycles. The molecule has 0 saturated heterocycles. The van der Waals surface area contributed by atoms with E-state index < -0.39 is 17.7 Å². The first-order valence-corrected chi connectivity index (χ1v) is 8.39. The van der Waals surface area contributed by atoms with Gasteiger partial charge in [-0.1, -0.05) is 22.0 Å². The monoisotopic (exact) mass is 412 g/mol. The van der Waals surface area contributed by atoms with Crippen molar-refractivity contribution in [1.29, 1.82) is 0 Å². The number of likely N-dealkylation sites (N-methyl/N-ethyl adjacent to an activating group) is 1. The highest BCUT2D eigenvalue weighted by Gasteiger charge is 2.20. The summed E-state index contributed by atoms with van der Waals surface area (Å²) in [6, 6.07) is 8.53. The van der Waals surface area contributed by atoms with Crippen LogP contribution in [-0.2, 0) is 11.3 Å². The van der Waals surface area contributed by atoms with Crippen molar-refractivity contribution in [1.82, 2.24) is 4.90 Å². The lowest BCUT2D eigenvalue weighted by Crippen LogP contribution is -2.39. The van der Waals surface area contributed by atoms with E-state index in [4.69, 9.17) is 4.74 Å². The van der Waals surface area contributed by atoms with Crippen LogP contribution in [0.1, 0.15) is 12.5 Å². The minimum atomic E-state index is -0.534. The van der Waals surface area contributed by atoms with Crippen LogP contribution in [0.4, 0.5) is 14.5 Å². The number of halogens is 3. The Kier molecular flexibility index (Phi) is 6.50. The molecule has 134 valence electrons. The second-order valence-corrected chi connectivity index (χ2v) is 6.59. The summed E-state index contributed by atoms with van der Waals surface area (Å²) in [6.45, 7) is 2.06. The zero-order valence-electron chi connectivity index (χ0n) is 14.1. The number of benzene rings is 2. The molecular weight excluding hydrogens is 394 g/mol. The van der Waals surface area contributed by atoms with E-state index in [1.165, 1.54) is 25.3 Å². The highest BCUT2D eigenvalue weighted by Crippen LogP contribution is 2.21. The number of methoxy groups -OCH3 is 1. The third-order valence-electron chi connectivity index (χ3n) is 3.88. The van der Waals surface area contributed by atoms with Crippen LogP contribution < -0.4 is 10.1 Å². The van der Waals surface area contributed by atoms with Crippen molar-refractivity contribution in [3.8, 4) is 5.75 Å². The van der Waals surface area contributed by atoms with E-state index in [1.807, 2.05) is 0 Å². The van der Waals surface area contributed by atoms with Crippen LogP contribution in [0, 0.1) is 11.6 Å². The van der Waals surface area contributed by atoms with Crippen molar-refractivity contribution in [3.05, 3.63) is 58.1 Å². The number of amides is 1. The molecule has 4 nitrogen and oxygen atoms in total. The number of nitrogens with zero attached hydrogens (tertiary/aromatic N) is 1. The van der Waals surface area contributed by atoms with E-state index in [1.54, 1.807) is 37.1 Å². The fraction of sp³-hybridized carbons (Fsp3) is 0.278. The summed E-state index contributed by atoms with van der Waals surface area (Å²) < 4.78 is 33.1. The van der Waals surface area contributed by atoms with Gasteiger partial charge in [0.1, 0.15) is 5.82 Å². The number of anilines is 1. The summed E-state index contributed by atoms with van der Waals surface area (Å²) in [7, 11) is 3.14. The number of rotatable bonds is 6. The predicted molar refractivity (Wildman–Crippen MR) is 96.6 cm³/mol. The Labute approximate surface area is 153 Å². The molecule has 0 aliphatic carbocycles. The second-order valence-electron chi connectivity index (χ2n) is 5.67. The molecule has 1 atom stereocenters. The van der Waals surface area contributed by atoms with Gasteiger partial charge in [-0.25, -0.2) is 8.78 Å². The van der Waals surface area contributed by atoms with Gasteiger partial charge < -0.3 is 10.1 Å². The van der Waals surface area contributed by atoms with Crippen LogP contribution in [-0.4, -0.2) is 31.0 Å². The van der Waals surface area contributed by atoms with Crippen LogP contribution in [0.5, 0.6) is 5.75 Å². The van der Waals surface area contributed by atoms with Gasteiger partial charge in [-0.05, 0) is 49.9 Å². The smallest absolute Gasteiger partial charge is 0.241 e. The van der Waals surface area contributed by atoms with Gasteiger partial charge in [-0.2, -0.15) is 0 Å². The summed E-state index contributed by atoms with van der Waals surface area (Å²) in [5.41, 5.74) is 0.819. The summed E-state index contributed by atoms with van der Waals surface area (Å²) in [4.78, 5) is 14.1. The molecule has 1 N–H and O–H groups in total. The largest absolute Gasteiger partial charge is 0.494 e. The molecule has 7 heteroatoms. The highest BCUT2D eigenvalue weighted by molar-refractivity contribution is 9.10. The quantitative estimate of drug-likeness (QED) is 0.772. The molecule has 0 saturated carbocycles. The minimum Gasteiger partial charge on any atom is -0.494 e. The van der Waals surface area contributed by atoms with E-state index in [0.29, 0.717) is 16.6 Å². The van der Waals surface area contributed by atoms with Gasteiger partial charge in [0.25, 0.3) is 0 Å². The van der Waals surface area contributed by atoms with Crippen molar-refractivity contribution >= 4 is 27.5 Å². The molecule has 25 heavy (non-hydrogen) atoms. The Balaban J connectivity index is 2.02. The standard InChI is InChI=1S/C18H19BrF2N2O2/c1-11(18(24)22-16-6-5-13(19)9-14(16)20)23(2)10-12-4-7-17(25-3)15(21)8-12/h4-9,11H,10H2,1-3H3,(H,22,24). The Morgan fingerprint density at radius 3 is 2.56 bits per heavy atom. The Morgan fingerprint density at radius 2 is 1.96 bits per heavy atom. The summed E-state index contributed by atoms with van der Waals surface area (Å²) in [5.74, 6) is -1.15. The Morgan fingerprint density at radius 1 is 1.24 bits per heavy atom. The van der Waals surface area contributed by atoms with Crippen molar-refractivity contribution < 1.29 is 18.3 Å². The molecule has 0 bridgehead atoms. The minimum absolute atomic E-state index is 0.115. The van der Waals surface area contributed by atoms with E-state index in [0.717, 1.165) is 0 Å². The van der Waals surface area contributed by atoms with Crippen LogP contribution in [0.15, 0.2) is 40.9 Å². The molecule has 1 amide bonds. The maximum Gasteiger partial charge on any atom is 0.241 e. The number of hydrogen-bond donors (Lipinski definition) is 1. The second kappa shape index (κ2) is 8.40. The van der Waals surface area contributed by atoms with Crippen LogP contribution in [0.25, 0.3) is 0 Å². The molecule has 0 spiro atoms. The predicted octanol–water partition coefficient (Wildman–Crippen LogP) is 4.19. The first-order chi connectivity index (χ1) is 11.8. The summed E-state index contributed by atoms with van der Waals surface area (Å²) in [5, 5.41) is 2.56. The number of hydrogen-bond acceptors (Lipinski definition) is 3. The lowest BCUT2D eigenvalue weighted by Gasteiger charge is -2.24. The first kappa shape index (κ1) is 19.3. The molecule has 0 aliphatic rings. The fourth-order valence-electron chi connectivity index (χ4n) is 2.26. The van der Waals surface area contributed by atoms with E-state index in [9.17, 15) is 13.6 Å². The van der Waals surface area contributed by atoms with Crippen molar-refractivity contribution in [2.24, 2.45) is 0 Å². The summed E-state index contributed by atoms with van der Waals surface area (Å²) in [6.07, 6.45) is 0. The number of nitrogens with one attached hydrogen (secondary N) is 1. The zero-order valence-corrected chi connectivity index (χ0v) is 15.7. The third kappa shape index (κ3) is 4.99. The van der Waals surface area contributed by atoms with Crippen molar-refractivity contribution in [3.63, 3.8) is 0 Å². The van der Waals surface area contributed by atoms with Gasteiger partial charge >= 0.3 is 0 Å². The first-order valence-electron chi connectivity index (χ1n) is 7.60. The maximum atomic E-state index is 13.8. The lowest BCUT2D eigenvalue weighted by atomic mass is 10.1. The normalized spacial score (nSPS) is 12.1. The molecule has 2 aromatic rings. The van der Waals surface area contributed by atoms with Crippen LogP contribution in [0.2, 0.25) is 0 Å². The maximum absolute atomic E-state index is 13.8. The van der Waals surface area contributed by atoms with E-state index in [2.05, 4.69) is 21.2 Å². The number of ether oxygens (including phenoxy) is 1. The topological polar surface area (TPSA) is 41.6 Å². The van der Waals surface area contributed by atoms with Crippen molar-refractivity contribution in [2.75, 3.05) is 19.5 Å². The Hall–Kier alpha value is -1.99. The lowest BCUT2D eigenvalue weighted by molar-refractivity contribution is -0.120. The molecular formula is C18H19BrF2N2O2. The average molecular weight is 413 g/mol. The molecule has 0 radical (unpaired) electrons. The fourth-order valence-corrected chi connectivity index (χ4v) is 2.59. The Bertz CT molecular complexity index is 771. The molecule has 1 unspecified atom stereocenters. The third-order valence-corrected chi connectivity index (χ3v) is 4.37. The molecule has 0 heterocycles. The molecule has 0 fully saturated rings. The van der Waals surface area contributed by atoms with Gasteiger partial charge in [0.05, 0.1) is 18.8 Å². The van der Waals surface area contributed by atoms with Crippen LogP contribution >= 0.6 is 15.9 Å².